The highest BCUT2D eigenvalue weighted by Gasteiger charge is 2.12. The van der Waals surface area contributed by atoms with Crippen molar-refractivity contribution >= 4 is 17.5 Å². The molecule has 1 amide bonds. The van der Waals surface area contributed by atoms with Gasteiger partial charge in [-0.25, -0.2) is 0 Å². The molecule has 4 nitrogen and oxygen atoms in total. The Morgan fingerprint density at radius 1 is 1.25 bits per heavy atom. The van der Waals surface area contributed by atoms with Crippen molar-refractivity contribution in [3.8, 4) is 16.9 Å². The number of aliphatic hydroxyl groups is 1. The summed E-state index contributed by atoms with van der Waals surface area (Å²) in [4.78, 5) is 11.5. The van der Waals surface area contributed by atoms with Crippen LogP contribution in [-0.4, -0.2) is 24.2 Å². The van der Waals surface area contributed by atoms with Gasteiger partial charge in [-0.1, -0.05) is 23.7 Å². The third kappa shape index (κ3) is 3.29. The Hall–Kier alpha value is -2.04. The van der Waals surface area contributed by atoms with E-state index in [2.05, 4.69) is 0 Å². The first kappa shape index (κ1) is 14.4. The highest BCUT2D eigenvalue weighted by atomic mass is 35.5. The fourth-order valence-corrected chi connectivity index (χ4v) is 2.08. The molecule has 0 radical (unpaired) electrons. The summed E-state index contributed by atoms with van der Waals surface area (Å²) in [5.41, 5.74) is 7.21. The molecule has 0 spiro atoms. The number of halogens is 1. The van der Waals surface area contributed by atoms with E-state index in [9.17, 15) is 4.79 Å². The van der Waals surface area contributed by atoms with E-state index in [1.807, 2.05) is 6.07 Å². The Morgan fingerprint density at radius 2 is 2.05 bits per heavy atom. The lowest BCUT2D eigenvalue weighted by Crippen LogP contribution is -2.12. The molecular weight excluding hydrogens is 278 g/mol. The van der Waals surface area contributed by atoms with Crippen LogP contribution in [0.25, 0.3) is 11.1 Å². The summed E-state index contributed by atoms with van der Waals surface area (Å²) in [5.74, 6) is 0.0349. The largest absolute Gasteiger partial charge is 0.491 e. The lowest BCUT2D eigenvalue weighted by atomic mass is 9.99. The highest BCUT2D eigenvalue weighted by Crippen LogP contribution is 2.29. The van der Waals surface area contributed by atoms with E-state index in [1.54, 1.807) is 36.4 Å². The second kappa shape index (κ2) is 6.41. The smallest absolute Gasteiger partial charge is 0.249 e. The molecule has 0 heterocycles. The summed E-state index contributed by atoms with van der Waals surface area (Å²) >= 11 is 5.97. The Labute approximate surface area is 121 Å². The van der Waals surface area contributed by atoms with Crippen LogP contribution in [0.2, 0.25) is 5.02 Å². The Morgan fingerprint density at radius 3 is 2.70 bits per heavy atom. The van der Waals surface area contributed by atoms with Gasteiger partial charge in [-0.05, 0) is 41.5 Å². The van der Waals surface area contributed by atoms with E-state index in [-0.39, 0.29) is 13.2 Å². The average Bonchev–Trinajstić information content (AvgIpc) is 2.44. The monoisotopic (exact) mass is 291 g/mol. The molecule has 0 bridgehead atoms. The van der Waals surface area contributed by atoms with Gasteiger partial charge in [0.25, 0.3) is 0 Å². The van der Waals surface area contributed by atoms with Crippen molar-refractivity contribution in [1.82, 2.24) is 0 Å². The quantitative estimate of drug-likeness (QED) is 0.889. The number of carbonyl (C=O) groups is 1. The lowest BCUT2D eigenvalue weighted by Gasteiger charge is -2.11. The lowest BCUT2D eigenvalue weighted by molar-refractivity contribution is 0.100. The number of carbonyl (C=O) groups excluding carboxylic acids is 1. The molecule has 0 aromatic heterocycles. The summed E-state index contributed by atoms with van der Waals surface area (Å²) in [7, 11) is 0. The van der Waals surface area contributed by atoms with E-state index < -0.39 is 5.91 Å². The predicted octanol–water partition coefficient (Wildman–Crippen LogP) is 2.48. The first-order chi connectivity index (χ1) is 9.61. The normalized spacial score (nSPS) is 10.3. The summed E-state index contributed by atoms with van der Waals surface area (Å²) < 4.78 is 5.35. The summed E-state index contributed by atoms with van der Waals surface area (Å²) in [5, 5.41) is 9.35. The van der Waals surface area contributed by atoms with Crippen LogP contribution in [-0.2, 0) is 0 Å². The predicted molar refractivity (Wildman–Crippen MR) is 78.0 cm³/mol. The minimum atomic E-state index is -0.520. The van der Waals surface area contributed by atoms with Crippen molar-refractivity contribution in [3.05, 3.63) is 53.1 Å². The molecule has 0 aliphatic rings. The van der Waals surface area contributed by atoms with Gasteiger partial charge in [-0.15, -0.1) is 0 Å². The molecule has 0 saturated heterocycles. The van der Waals surface area contributed by atoms with Crippen molar-refractivity contribution in [2.45, 2.75) is 0 Å². The maximum Gasteiger partial charge on any atom is 0.249 e. The standard InChI is InChI=1S/C15H14ClNO3/c16-11-3-1-2-10(8-11)14-9-12(20-7-6-18)4-5-13(14)15(17)19/h1-5,8-9,18H,6-7H2,(H2,17,19). The molecule has 0 unspecified atom stereocenters. The second-order valence-electron chi connectivity index (χ2n) is 4.15. The maximum atomic E-state index is 11.5. The molecule has 0 aliphatic carbocycles. The van der Waals surface area contributed by atoms with E-state index in [1.165, 1.54) is 0 Å². The molecule has 2 rings (SSSR count). The van der Waals surface area contributed by atoms with Gasteiger partial charge in [0.15, 0.2) is 0 Å². The van der Waals surface area contributed by atoms with Crippen LogP contribution in [0.1, 0.15) is 10.4 Å². The average molecular weight is 292 g/mol. The van der Waals surface area contributed by atoms with Crippen molar-refractivity contribution < 1.29 is 14.6 Å². The molecule has 2 aromatic rings. The third-order valence-corrected chi connectivity index (χ3v) is 2.99. The van der Waals surface area contributed by atoms with Crippen LogP contribution in [0.4, 0.5) is 0 Å². The van der Waals surface area contributed by atoms with Crippen LogP contribution in [0.15, 0.2) is 42.5 Å². The van der Waals surface area contributed by atoms with Crippen molar-refractivity contribution in [2.24, 2.45) is 5.73 Å². The van der Waals surface area contributed by atoms with Gasteiger partial charge >= 0.3 is 0 Å². The van der Waals surface area contributed by atoms with Crippen LogP contribution in [0, 0.1) is 0 Å². The van der Waals surface area contributed by atoms with Gasteiger partial charge in [0.2, 0.25) is 5.91 Å². The molecular formula is C15H14ClNO3. The molecule has 0 saturated carbocycles. The summed E-state index contributed by atoms with van der Waals surface area (Å²) in [6, 6.07) is 12.1. The van der Waals surface area contributed by atoms with Crippen molar-refractivity contribution in [2.75, 3.05) is 13.2 Å². The Bertz CT molecular complexity index is 628. The first-order valence-electron chi connectivity index (χ1n) is 6.05. The zero-order chi connectivity index (χ0) is 14.5. The molecule has 2 aromatic carbocycles. The summed E-state index contributed by atoms with van der Waals surface area (Å²) in [6.07, 6.45) is 0. The second-order valence-corrected chi connectivity index (χ2v) is 4.59. The molecule has 0 aliphatic heterocycles. The van der Waals surface area contributed by atoms with Crippen molar-refractivity contribution in [1.29, 1.82) is 0 Å². The number of benzene rings is 2. The van der Waals surface area contributed by atoms with Gasteiger partial charge in [0.05, 0.1) is 6.61 Å². The molecule has 0 fully saturated rings. The number of ether oxygens (including phenoxy) is 1. The van der Waals surface area contributed by atoms with Gasteiger partial charge in [0, 0.05) is 10.6 Å². The van der Waals surface area contributed by atoms with Crippen LogP contribution >= 0.6 is 11.6 Å². The third-order valence-electron chi connectivity index (χ3n) is 2.75. The molecule has 0 atom stereocenters. The van der Waals surface area contributed by atoms with E-state index >= 15 is 0 Å². The minimum Gasteiger partial charge on any atom is -0.491 e. The minimum absolute atomic E-state index is 0.0793. The number of hydrogen-bond acceptors (Lipinski definition) is 3. The van der Waals surface area contributed by atoms with Crippen LogP contribution in [0.3, 0.4) is 0 Å². The topological polar surface area (TPSA) is 72.6 Å². The van der Waals surface area contributed by atoms with E-state index in [0.717, 1.165) is 5.56 Å². The van der Waals surface area contributed by atoms with E-state index in [0.29, 0.717) is 21.9 Å². The Kier molecular flexibility index (Phi) is 4.61. The SMILES string of the molecule is NC(=O)c1ccc(OCCO)cc1-c1cccc(Cl)c1. The zero-order valence-electron chi connectivity index (χ0n) is 10.7. The number of nitrogens with two attached hydrogens (primary N) is 1. The molecule has 104 valence electrons. The molecule has 5 heteroatoms. The number of rotatable bonds is 5. The fraction of sp³-hybridized carbons (Fsp3) is 0.133. The van der Waals surface area contributed by atoms with E-state index in [4.69, 9.17) is 27.2 Å². The van der Waals surface area contributed by atoms with Crippen LogP contribution < -0.4 is 10.5 Å². The fourth-order valence-electron chi connectivity index (χ4n) is 1.89. The molecule has 3 N–H and O–H groups in total. The van der Waals surface area contributed by atoms with Gasteiger partial charge < -0.3 is 15.6 Å². The molecule has 20 heavy (non-hydrogen) atoms. The van der Waals surface area contributed by atoms with Crippen molar-refractivity contribution in [3.63, 3.8) is 0 Å². The number of hydrogen-bond donors (Lipinski definition) is 2. The summed E-state index contributed by atoms with van der Waals surface area (Å²) in [6.45, 7) is 0.106. The van der Waals surface area contributed by atoms with Crippen LogP contribution in [0.5, 0.6) is 5.75 Å². The van der Waals surface area contributed by atoms with Gasteiger partial charge in [0.1, 0.15) is 12.4 Å². The Balaban J connectivity index is 2.49. The zero-order valence-corrected chi connectivity index (χ0v) is 11.4. The van der Waals surface area contributed by atoms with Gasteiger partial charge in [-0.3, -0.25) is 4.79 Å². The van der Waals surface area contributed by atoms with Gasteiger partial charge in [-0.2, -0.15) is 0 Å². The number of amides is 1. The highest BCUT2D eigenvalue weighted by molar-refractivity contribution is 6.30. The number of primary amides is 1. The maximum absolute atomic E-state index is 11.5. The number of aliphatic hydroxyl groups excluding tert-OH is 1. The first-order valence-corrected chi connectivity index (χ1v) is 6.43.